The first kappa shape index (κ1) is 20.0. The highest BCUT2D eigenvalue weighted by Crippen LogP contribution is 2.41. The van der Waals surface area contributed by atoms with Crippen LogP contribution in [-0.2, 0) is 17.6 Å². The summed E-state index contributed by atoms with van der Waals surface area (Å²) in [6.07, 6.45) is 4.94. The summed E-state index contributed by atoms with van der Waals surface area (Å²) in [6, 6.07) is 6.96. The van der Waals surface area contributed by atoms with Crippen LogP contribution in [0.5, 0.6) is 0 Å². The minimum absolute atomic E-state index is 0.00747. The van der Waals surface area contributed by atoms with E-state index in [0.717, 1.165) is 28.1 Å². The monoisotopic (exact) mass is 425 g/mol. The van der Waals surface area contributed by atoms with Crippen molar-refractivity contribution in [1.82, 2.24) is 9.97 Å². The molecule has 1 aliphatic carbocycles. The Kier molecular flexibility index (Phi) is 5.69. The predicted molar refractivity (Wildman–Crippen MR) is 119 cm³/mol. The number of thiophene rings is 1. The molecule has 7 heteroatoms. The van der Waals surface area contributed by atoms with Crippen molar-refractivity contribution in [2.45, 2.75) is 50.3 Å². The molecule has 0 spiro atoms. The SMILES string of the molecule is CC(=O)c1ccc(NC(=O)[C@H](C)Sc2ncnc3sc4c(c23)CC[C@@H](C)C4)cc1. The van der Waals surface area contributed by atoms with Gasteiger partial charge in [0.15, 0.2) is 5.78 Å². The molecule has 150 valence electrons. The first-order chi connectivity index (χ1) is 13.9. The lowest BCUT2D eigenvalue weighted by atomic mass is 9.89. The second-order valence-corrected chi connectivity index (χ2v) is 10.0. The molecular formula is C22H23N3O2S2. The highest BCUT2D eigenvalue weighted by atomic mass is 32.2. The van der Waals surface area contributed by atoms with Crippen LogP contribution in [0.4, 0.5) is 5.69 Å². The Labute approximate surface area is 178 Å². The topological polar surface area (TPSA) is 72.0 Å². The van der Waals surface area contributed by atoms with Gasteiger partial charge in [-0.05, 0) is 68.9 Å². The van der Waals surface area contributed by atoms with Gasteiger partial charge in [-0.2, -0.15) is 0 Å². The van der Waals surface area contributed by atoms with Gasteiger partial charge in [0.25, 0.3) is 0 Å². The fourth-order valence-electron chi connectivity index (χ4n) is 3.59. The minimum Gasteiger partial charge on any atom is -0.325 e. The van der Waals surface area contributed by atoms with Gasteiger partial charge in [0.05, 0.1) is 5.25 Å². The highest BCUT2D eigenvalue weighted by molar-refractivity contribution is 8.00. The van der Waals surface area contributed by atoms with E-state index in [1.54, 1.807) is 41.9 Å². The molecule has 0 radical (unpaired) electrons. The van der Waals surface area contributed by atoms with Crippen LogP contribution in [0.25, 0.3) is 10.2 Å². The van der Waals surface area contributed by atoms with Gasteiger partial charge in [-0.15, -0.1) is 11.3 Å². The van der Waals surface area contributed by atoms with Gasteiger partial charge in [-0.25, -0.2) is 9.97 Å². The van der Waals surface area contributed by atoms with Gasteiger partial charge in [-0.3, -0.25) is 9.59 Å². The Balaban J connectivity index is 1.52. The molecule has 0 unspecified atom stereocenters. The molecule has 0 saturated heterocycles. The van der Waals surface area contributed by atoms with Crippen LogP contribution in [0.1, 0.15) is 48.0 Å². The number of rotatable bonds is 5. The number of anilines is 1. The van der Waals surface area contributed by atoms with Gasteiger partial charge in [-0.1, -0.05) is 18.7 Å². The normalized spacial score (nSPS) is 17.0. The summed E-state index contributed by atoms with van der Waals surface area (Å²) in [4.78, 5) is 35.5. The maximum Gasteiger partial charge on any atom is 0.237 e. The van der Waals surface area contributed by atoms with E-state index < -0.39 is 0 Å². The molecule has 3 aromatic rings. The second-order valence-electron chi connectivity index (χ2n) is 7.59. The zero-order valence-electron chi connectivity index (χ0n) is 16.7. The number of thioether (sulfide) groups is 1. The van der Waals surface area contributed by atoms with Crippen molar-refractivity contribution in [3.8, 4) is 0 Å². The maximum absolute atomic E-state index is 12.7. The average Bonchev–Trinajstić information content (AvgIpc) is 3.06. The van der Waals surface area contributed by atoms with Crippen molar-refractivity contribution < 1.29 is 9.59 Å². The first-order valence-corrected chi connectivity index (χ1v) is 11.5. The van der Waals surface area contributed by atoms with E-state index in [1.165, 1.54) is 35.5 Å². The summed E-state index contributed by atoms with van der Waals surface area (Å²) in [5.41, 5.74) is 2.69. The number of carbonyl (C=O) groups excluding carboxylic acids is 2. The summed E-state index contributed by atoms with van der Waals surface area (Å²) >= 11 is 3.24. The third-order valence-electron chi connectivity index (χ3n) is 5.27. The third kappa shape index (κ3) is 4.21. The van der Waals surface area contributed by atoms with Gasteiger partial charge in [0.1, 0.15) is 16.2 Å². The van der Waals surface area contributed by atoms with Crippen LogP contribution < -0.4 is 5.32 Å². The number of aryl methyl sites for hydroxylation is 1. The maximum atomic E-state index is 12.7. The number of nitrogens with zero attached hydrogens (tertiary/aromatic N) is 2. The molecule has 2 aromatic heterocycles. The van der Waals surface area contributed by atoms with E-state index in [1.807, 2.05) is 6.92 Å². The number of benzene rings is 1. The van der Waals surface area contributed by atoms with Gasteiger partial charge < -0.3 is 5.32 Å². The number of fused-ring (bicyclic) bond motifs is 3. The third-order valence-corrected chi connectivity index (χ3v) is 7.54. The zero-order chi connectivity index (χ0) is 20.5. The van der Waals surface area contributed by atoms with E-state index in [4.69, 9.17) is 0 Å². The van der Waals surface area contributed by atoms with Crippen molar-refractivity contribution >= 4 is 50.7 Å². The van der Waals surface area contributed by atoms with Crippen LogP contribution >= 0.6 is 23.1 Å². The molecule has 0 saturated carbocycles. The molecule has 2 heterocycles. The number of amides is 1. The largest absolute Gasteiger partial charge is 0.325 e. The Morgan fingerprint density at radius 1 is 1.24 bits per heavy atom. The fourth-order valence-corrected chi connectivity index (χ4v) is 5.95. The quantitative estimate of drug-likeness (QED) is 0.348. The summed E-state index contributed by atoms with van der Waals surface area (Å²) < 4.78 is 0. The van der Waals surface area contributed by atoms with E-state index in [-0.39, 0.29) is 16.9 Å². The number of hydrogen-bond donors (Lipinski definition) is 1. The van der Waals surface area contributed by atoms with Gasteiger partial charge >= 0.3 is 0 Å². The van der Waals surface area contributed by atoms with E-state index in [9.17, 15) is 9.59 Å². The molecule has 1 N–H and O–H groups in total. The zero-order valence-corrected chi connectivity index (χ0v) is 18.3. The Hall–Kier alpha value is -2.25. The van der Waals surface area contributed by atoms with Gasteiger partial charge in [0.2, 0.25) is 5.91 Å². The van der Waals surface area contributed by atoms with Crippen LogP contribution in [0.2, 0.25) is 0 Å². The van der Waals surface area contributed by atoms with Crippen LogP contribution in [0.15, 0.2) is 35.6 Å². The molecule has 0 aliphatic heterocycles. The molecule has 4 rings (SSSR count). The number of ketones is 1. The van der Waals surface area contributed by atoms with Crippen molar-refractivity contribution in [2.75, 3.05) is 5.32 Å². The summed E-state index contributed by atoms with van der Waals surface area (Å²) in [7, 11) is 0. The van der Waals surface area contributed by atoms with Crippen LogP contribution in [0, 0.1) is 5.92 Å². The smallest absolute Gasteiger partial charge is 0.237 e. The lowest BCUT2D eigenvalue weighted by molar-refractivity contribution is -0.115. The molecule has 1 amide bonds. The summed E-state index contributed by atoms with van der Waals surface area (Å²) in [5, 5.41) is 4.64. The van der Waals surface area contributed by atoms with E-state index >= 15 is 0 Å². The molecule has 1 aromatic carbocycles. The second kappa shape index (κ2) is 8.24. The first-order valence-electron chi connectivity index (χ1n) is 9.76. The van der Waals surface area contributed by atoms with Crippen LogP contribution in [-0.4, -0.2) is 26.9 Å². The molecule has 1 aliphatic rings. The van der Waals surface area contributed by atoms with Crippen molar-refractivity contribution in [2.24, 2.45) is 5.92 Å². The van der Waals surface area contributed by atoms with E-state index in [2.05, 4.69) is 22.2 Å². The average molecular weight is 426 g/mol. The Morgan fingerprint density at radius 2 is 2.00 bits per heavy atom. The molecule has 0 fully saturated rings. The van der Waals surface area contributed by atoms with Crippen molar-refractivity contribution in [1.29, 1.82) is 0 Å². The Morgan fingerprint density at radius 3 is 2.72 bits per heavy atom. The lowest BCUT2D eigenvalue weighted by Gasteiger charge is -2.18. The number of hydrogen-bond acceptors (Lipinski definition) is 6. The minimum atomic E-state index is -0.307. The lowest BCUT2D eigenvalue weighted by Crippen LogP contribution is -2.22. The highest BCUT2D eigenvalue weighted by Gasteiger charge is 2.25. The Bertz CT molecular complexity index is 1080. The van der Waals surface area contributed by atoms with Crippen molar-refractivity contribution in [3.05, 3.63) is 46.6 Å². The van der Waals surface area contributed by atoms with E-state index in [0.29, 0.717) is 17.2 Å². The number of Topliss-reactive ketones (excluding diaryl/α,β-unsaturated/α-hetero) is 1. The predicted octanol–water partition coefficient (Wildman–Crippen LogP) is 5.14. The summed E-state index contributed by atoms with van der Waals surface area (Å²) in [6.45, 7) is 5.71. The molecular weight excluding hydrogens is 402 g/mol. The van der Waals surface area contributed by atoms with Gasteiger partial charge in [0, 0.05) is 21.5 Å². The van der Waals surface area contributed by atoms with Crippen LogP contribution in [0.3, 0.4) is 0 Å². The number of aromatic nitrogens is 2. The molecule has 29 heavy (non-hydrogen) atoms. The fraction of sp³-hybridized carbons (Fsp3) is 0.364. The number of carbonyl (C=O) groups is 2. The standard InChI is InChI=1S/C22H23N3O2S2/c1-12-4-9-17-18(10-12)29-22-19(17)21(23-11-24-22)28-14(3)20(27)25-16-7-5-15(6-8-16)13(2)26/h5-8,11-12,14H,4,9-10H2,1-3H3,(H,25,27)/t12-,14+/m1/s1. The molecule has 2 atom stereocenters. The summed E-state index contributed by atoms with van der Waals surface area (Å²) in [5.74, 6) is 0.627. The molecule has 0 bridgehead atoms. The number of nitrogens with one attached hydrogen (secondary N) is 1. The molecule has 5 nitrogen and oxygen atoms in total. The van der Waals surface area contributed by atoms with Crippen molar-refractivity contribution in [3.63, 3.8) is 0 Å².